The molecule has 1 aliphatic carbocycles. The van der Waals surface area contributed by atoms with E-state index < -0.39 is 5.91 Å². The molecule has 2 unspecified atom stereocenters. The number of hydrazine groups is 1. The Hall–Kier alpha value is -2.96. The van der Waals surface area contributed by atoms with E-state index in [4.69, 9.17) is 0 Å². The monoisotopic (exact) mass is 396 g/mol. The summed E-state index contributed by atoms with van der Waals surface area (Å²) in [6, 6.07) is 6.64. The Morgan fingerprint density at radius 1 is 1.14 bits per heavy atom. The topological polar surface area (TPSA) is 93.1 Å². The normalized spacial score (nSPS) is 19.7. The maximum atomic E-state index is 12.8. The van der Waals surface area contributed by atoms with Crippen LogP contribution in [0.1, 0.15) is 58.1 Å². The van der Waals surface area contributed by atoms with E-state index in [-0.39, 0.29) is 40.5 Å². The minimum Gasteiger partial charge on any atom is -0.273 e. The van der Waals surface area contributed by atoms with E-state index in [1.54, 1.807) is 24.3 Å². The Kier molecular flexibility index (Phi) is 5.34. The van der Waals surface area contributed by atoms with Crippen LogP contribution >= 0.6 is 0 Å². The fourth-order valence-corrected chi connectivity index (χ4v) is 3.83. The van der Waals surface area contributed by atoms with E-state index in [2.05, 4.69) is 22.0 Å². The van der Waals surface area contributed by atoms with Gasteiger partial charge in [-0.1, -0.05) is 43.7 Å². The lowest BCUT2D eigenvalue weighted by Gasteiger charge is -2.14. The zero-order valence-corrected chi connectivity index (χ0v) is 17.7. The SMILES string of the molecule is CC(C)=CC1C(C(=O)NNC(=O)c2nn(C(C)C)c(=O)c3ccccc23)C1(C)C. The van der Waals surface area contributed by atoms with Gasteiger partial charge in [-0.15, -0.1) is 0 Å². The number of benzene rings is 1. The zero-order valence-electron chi connectivity index (χ0n) is 17.7. The van der Waals surface area contributed by atoms with Crippen molar-refractivity contribution in [2.75, 3.05) is 0 Å². The van der Waals surface area contributed by atoms with Crippen molar-refractivity contribution in [1.82, 2.24) is 20.6 Å². The molecule has 2 amide bonds. The van der Waals surface area contributed by atoms with Crippen LogP contribution in [0.2, 0.25) is 0 Å². The molecule has 1 aromatic carbocycles. The van der Waals surface area contributed by atoms with Crippen LogP contribution in [0.5, 0.6) is 0 Å². The predicted molar refractivity (Wildman–Crippen MR) is 112 cm³/mol. The van der Waals surface area contributed by atoms with Crippen LogP contribution < -0.4 is 16.4 Å². The maximum absolute atomic E-state index is 12.8. The number of rotatable bonds is 4. The molecule has 3 rings (SSSR count). The van der Waals surface area contributed by atoms with E-state index in [0.29, 0.717) is 10.8 Å². The van der Waals surface area contributed by atoms with E-state index in [1.807, 2.05) is 41.5 Å². The number of fused-ring (bicyclic) bond motifs is 1. The molecule has 1 heterocycles. The largest absolute Gasteiger partial charge is 0.290 e. The summed E-state index contributed by atoms with van der Waals surface area (Å²) in [5.74, 6) is -0.841. The molecular formula is C22H28N4O3. The molecule has 7 heteroatoms. The fourth-order valence-electron chi connectivity index (χ4n) is 3.83. The van der Waals surface area contributed by atoms with Crippen molar-refractivity contribution in [3.05, 3.63) is 52.0 Å². The Labute approximate surface area is 170 Å². The van der Waals surface area contributed by atoms with Crippen LogP contribution in [0.4, 0.5) is 0 Å². The Bertz CT molecular complexity index is 1060. The van der Waals surface area contributed by atoms with E-state index >= 15 is 0 Å². The Balaban J connectivity index is 1.83. The second-order valence-corrected chi connectivity index (χ2v) is 8.75. The lowest BCUT2D eigenvalue weighted by molar-refractivity contribution is -0.123. The summed E-state index contributed by atoms with van der Waals surface area (Å²) in [6.07, 6.45) is 2.10. The summed E-state index contributed by atoms with van der Waals surface area (Å²) in [4.78, 5) is 38.0. The molecule has 0 bridgehead atoms. The number of carbonyl (C=O) groups is 2. The zero-order chi connectivity index (χ0) is 21.5. The van der Waals surface area contributed by atoms with Crippen molar-refractivity contribution in [3.63, 3.8) is 0 Å². The number of hydrogen-bond acceptors (Lipinski definition) is 4. The Morgan fingerprint density at radius 3 is 2.34 bits per heavy atom. The van der Waals surface area contributed by atoms with Crippen molar-refractivity contribution in [1.29, 1.82) is 0 Å². The highest BCUT2D eigenvalue weighted by atomic mass is 16.2. The highest BCUT2D eigenvalue weighted by Crippen LogP contribution is 2.59. The van der Waals surface area contributed by atoms with Gasteiger partial charge in [-0.05, 0) is 45.1 Å². The highest BCUT2D eigenvalue weighted by molar-refractivity contribution is 6.05. The molecule has 1 saturated carbocycles. The van der Waals surface area contributed by atoms with Gasteiger partial charge in [0.1, 0.15) is 0 Å². The molecule has 0 saturated heterocycles. The van der Waals surface area contributed by atoms with Gasteiger partial charge in [0.25, 0.3) is 11.5 Å². The molecule has 2 N–H and O–H groups in total. The van der Waals surface area contributed by atoms with Gasteiger partial charge in [0.05, 0.1) is 17.3 Å². The Morgan fingerprint density at radius 2 is 1.76 bits per heavy atom. The second-order valence-electron chi connectivity index (χ2n) is 8.75. The maximum Gasteiger partial charge on any atom is 0.290 e. The van der Waals surface area contributed by atoms with Crippen LogP contribution in [0.15, 0.2) is 40.7 Å². The molecule has 1 aliphatic rings. The van der Waals surface area contributed by atoms with Gasteiger partial charge < -0.3 is 0 Å². The predicted octanol–water partition coefficient (Wildman–Crippen LogP) is 2.98. The summed E-state index contributed by atoms with van der Waals surface area (Å²) < 4.78 is 1.29. The van der Waals surface area contributed by atoms with Gasteiger partial charge in [-0.3, -0.25) is 25.2 Å². The fraction of sp³-hybridized carbons (Fsp3) is 0.455. The summed E-state index contributed by atoms with van der Waals surface area (Å²) >= 11 is 0. The summed E-state index contributed by atoms with van der Waals surface area (Å²) in [6.45, 7) is 11.7. The first-order valence-electron chi connectivity index (χ1n) is 9.82. The van der Waals surface area contributed by atoms with Crippen molar-refractivity contribution >= 4 is 22.6 Å². The molecule has 1 aromatic heterocycles. The lowest BCUT2D eigenvalue weighted by Crippen LogP contribution is -2.44. The second kappa shape index (κ2) is 7.46. The van der Waals surface area contributed by atoms with Gasteiger partial charge in [0.2, 0.25) is 5.91 Å². The first kappa shape index (κ1) is 20.8. The van der Waals surface area contributed by atoms with E-state index in [9.17, 15) is 14.4 Å². The number of nitrogens with one attached hydrogen (secondary N) is 2. The van der Waals surface area contributed by atoms with Crippen molar-refractivity contribution in [3.8, 4) is 0 Å². The summed E-state index contributed by atoms with van der Waals surface area (Å²) in [5.41, 5.74) is 5.87. The van der Waals surface area contributed by atoms with Crippen molar-refractivity contribution in [2.24, 2.45) is 17.3 Å². The van der Waals surface area contributed by atoms with Gasteiger partial charge in [-0.2, -0.15) is 5.10 Å². The quantitative estimate of drug-likeness (QED) is 0.614. The van der Waals surface area contributed by atoms with Crippen LogP contribution in [-0.4, -0.2) is 21.6 Å². The van der Waals surface area contributed by atoms with Gasteiger partial charge in [0.15, 0.2) is 5.69 Å². The average molecular weight is 396 g/mol. The molecule has 7 nitrogen and oxygen atoms in total. The molecular weight excluding hydrogens is 368 g/mol. The number of hydrogen-bond donors (Lipinski definition) is 2. The molecule has 154 valence electrons. The first-order valence-corrected chi connectivity index (χ1v) is 9.82. The minimum atomic E-state index is -0.554. The molecule has 0 aliphatic heterocycles. The first-order chi connectivity index (χ1) is 13.6. The van der Waals surface area contributed by atoms with E-state index in [1.165, 1.54) is 4.68 Å². The molecule has 29 heavy (non-hydrogen) atoms. The summed E-state index contributed by atoms with van der Waals surface area (Å²) in [7, 11) is 0. The number of carbonyl (C=O) groups excluding carboxylic acids is 2. The number of allylic oxidation sites excluding steroid dienone is 2. The third kappa shape index (κ3) is 3.81. The smallest absolute Gasteiger partial charge is 0.273 e. The summed E-state index contributed by atoms with van der Waals surface area (Å²) in [5, 5.41) is 5.12. The third-order valence-corrected chi connectivity index (χ3v) is 5.54. The molecule has 1 fully saturated rings. The average Bonchev–Trinajstić information content (AvgIpc) is 3.18. The van der Waals surface area contributed by atoms with Gasteiger partial charge >= 0.3 is 0 Å². The standard InChI is InChI=1S/C22H28N4O3/c1-12(2)11-16-17(22(16,5)6)19(27)23-24-20(28)18-14-9-7-8-10-15(14)21(29)26(25-18)13(3)4/h7-11,13,16-17H,1-6H3,(H,23,27)(H,24,28). The van der Waals surface area contributed by atoms with Gasteiger partial charge in [-0.25, -0.2) is 4.68 Å². The van der Waals surface area contributed by atoms with Crippen LogP contribution in [0.25, 0.3) is 10.8 Å². The molecule has 0 spiro atoms. The van der Waals surface area contributed by atoms with Crippen molar-refractivity contribution in [2.45, 2.75) is 47.6 Å². The number of aromatic nitrogens is 2. The van der Waals surface area contributed by atoms with Crippen LogP contribution in [0.3, 0.4) is 0 Å². The van der Waals surface area contributed by atoms with Gasteiger partial charge in [0, 0.05) is 5.39 Å². The molecule has 0 radical (unpaired) electrons. The van der Waals surface area contributed by atoms with E-state index in [0.717, 1.165) is 5.57 Å². The minimum absolute atomic E-state index is 0.102. The lowest BCUT2D eigenvalue weighted by atomic mass is 10.1. The molecule has 2 aromatic rings. The third-order valence-electron chi connectivity index (χ3n) is 5.54. The van der Waals surface area contributed by atoms with Crippen molar-refractivity contribution < 1.29 is 9.59 Å². The van der Waals surface area contributed by atoms with Crippen LogP contribution in [-0.2, 0) is 4.79 Å². The molecule has 2 atom stereocenters. The highest BCUT2D eigenvalue weighted by Gasteiger charge is 2.60. The number of amides is 2. The van der Waals surface area contributed by atoms with Crippen LogP contribution in [0, 0.1) is 17.3 Å². The number of nitrogens with zero attached hydrogens (tertiary/aromatic N) is 2.